The average Bonchev–Trinajstić information content (AvgIpc) is 2.17. The van der Waals surface area contributed by atoms with Crippen LogP contribution in [0.15, 0.2) is 24.5 Å². The maximum atomic E-state index is 10.7. The molecule has 0 fully saturated rings. The van der Waals surface area contributed by atoms with Crippen LogP contribution in [0.1, 0.15) is 12.5 Å². The van der Waals surface area contributed by atoms with Crippen molar-refractivity contribution in [3.8, 4) is 0 Å². The van der Waals surface area contributed by atoms with Gasteiger partial charge in [0.25, 0.3) is 0 Å². The molecule has 0 aliphatic heterocycles. The fourth-order valence-electron chi connectivity index (χ4n) is 0.743. The summed E-state index contributed by atoms with van der Waals surface area (Å²) in [4.78, 5) is 0. The number of halogens is 3. The predicted octanol–water partition coefficient (Wildman–Crippen LogP) is 1.35. The molecule has 0 saturated carbocycles. The first-order valence-electron chi connectivity index (χ1n) is 4.55. The van der Waals surface area contributed by atoms with Gasteiger partial charge in [-0.2, -0.15) is 13.2 Å². The molecule has 0 aromatic carbocycles. The highest BCUT2D eigenvalue weighted by molar-refractivity contribution is 7.86. The molecule has 17 heavy (non-hydrogen) atoms. The van der Waals surface area contributed by atoms with Crippen LogP contribution >= 0.6 is 0 Å². The molecule has 0 bridgehead atoms. The summed E-state index contributed by atoms with van der Waals surface area (Å²) in [7, 11) is -6.09. The third-order valence-corrected chi connectivity index (χ3v) is 2.27. The zero-order valence-corrected chi connectivity index (χ0v) is 10.0. The Balaban J connectivity index is 0.000000304. The molecule has 1 aromatic rings. The van der Waals surface area contributed by atoms with Crippen LogP contribution in [-0.4, -0.2) is 18.5 Å². The lowest BCUT2D eigenvalue weighted by molar-refractivity contribution is -0.693. The fraction of sp³-hybridized carbons (Fsp3) is 0.444. The summed E-state index contributed by atoms with van der Waals surface area (Å²) in [5.41, 5.74) is -4.33. The maximum absolute atomic E-state index is 10.7. The molecule has 0 saturated heterocycles. The molecular formula is C9H12F3NO3S. The van der Waals surface area contributed by atoms with E-state index in [1.807, 2.05) is 0 Å². The van der Waals surface area contributed by atoms with Crippen LogP contribution in [0, 0.1) is 6.92 Å². The number of alkyl halides is 3. The zero-order valence-electron chi connectivity index (χ0n) is 9.23. The Hall–Kier alpha value is -1.15. The van der Waals surface area contributed by atoms with Gasteiger partial charge in [0, 0.05) is 12.1 Å². The minimum Gasteiger partial charge on any atom is -0.741 e. The minimum absolute atomic E-state index is 1.06. The monoisotopic (exact) mass is 271 g/mol. The van der Waals surface area contributed by atoms with E-state index in [2.05, 4.69) is 42.9 Å². The van der Waals surface area contributed by atoms with Gasteiger partial charge < -0.3 is 4.55 Å². The van der Waals surface area contributed by atoms with E-state index in [1.54, 1.807) is 0 Å². The minimum atomic E-state index is -6.09. The van der Waals surface area contributed by atoms with Gasteiger partial charge >= 0.3 is 5.51 Å². The van der Waals surface area contributed by atoms with Crippen molar-refractivity contribution in [1.29, 1.82) is 0 Å². The van der Waals surface area contributed by atoms with Crippen molar-refractivity contribution in [3.05, 3.63) is 30.1 Å². The van der Waals surface area contributed by atoms with Crippen LogP contribution in [0.3, 0.4) is 0 Å². The first-order chi connectivity index (χ1) is 7.58. The Morgan fingerprint density at radius 3 is 1.88 bits per heavy atom. The van der Waals surface area contributed by atoms with Crippen molar-refractivity contribution in [2.24, 2.45) is 0 Å². The summed E-state index contributed by atoms with van der Waals surface area (Å²) >= 11 is 0. The zero-order chi connectivity index (χ0) is 13.7. The van der Waals surface area contributed by atoms with E-state index in [-0.39, 0.29) is 0 Å². The van der Waals surface area contributed by atoms with Crippen molar-refractivity contribution in [2.75, 3.05) is 0 Å². The predicted molar refractivity (Wildman–Crippen MR) is 52.8 cm³/mol. The maximum Gasteiger partial charge on any atom is 0.485 e. The van der Waals surface area contributed by atoms with Gasteiger partial charge in [-0.15, -0.1) is 0 Å². The van der Waals surface area contributed by atoms with Gasteiger partial charge in [-0.3, -0.25) is 0 Å². The molecule has 0 atom stereocenters. The Morgan fingerprint density at radius 2 is 1.65 bits per heavy atom. The molecule has 0 N–H and O–H groups in total. The van der Waals surface area contributed by atoms with Crippen molar-refractivity contribution in [1.82, 2.24) is 0 Å². The summed E-state index contributed by atoms with van der Waals surface area (Å²) < 4.78 is 61.0. The van der Waals surface area contributed by atoms with Gasteiger partial charge in [0.15, 0.2) is 22.5 Å². The van der Waals surface area contributed by atoms with Crippen molar-refractivity contribution >= 4 is 10.1 Å². The van der Waals surface area contributed by atoms with Gasteiger partial charge in [-0.25, -0.2) is 13.0 Å². The number of nitrogens with zero attached hydrogens (tertiary/aromatic N) is 1. The summed E-state index contributed by atoms with van der Waals surface area (Å²) in [5.74, 6) is 0. The second kappa shape index (κ2) is 5.97. The largest absolute Gasteiger partial charge is 0.741 e. The van der Waals surface area contributed by atoms with Crippen molar-refractivity contribution in [3.63, 3.8) is 0 Å². The molecule has 8 heteroatoms. The smallest absolute Gasteiger partial charge is 0.485 e. The molecule has 1 rings (SSSR count). The van der Waals surface area contributed by atoms with Gasteiger partial charge in [0.05, 0.1) is 0 Å². The van der Waals surface area contributed by atoms with Crippen molar-refractivity contribution < 1.29 is 30.7 Å². The number of hydrogen-bond acceptors (Lipinski definition) is 3. The van der Waals surface area contributed by atoms with E-state index in [0.717, 1.165) is 6.54 Å². The van der Waals surface area contributed by atoms with E-state index < -0.39 is 15.6 Å². The first-order valence-corrected chi connectivity index (χ1v) is 5.96. The van der Waals surface area contributed by atoms with Crippen LogP contribution < -0.4 is 4.57 Å². The van der Waals surface area contributed by atoms with Crippen LogP contribution in [-0.2, 0) is 16.7 Å². The average molecular weight is 271 g/mol. The molecule has 98 valence electrons. The molecule has 0 aliphatic carbocycles. The normalized spacial score (nSPS) is 11.6. The van der Waals surface area contributed by atoms with E-state index >= 15 is 0 Å². The van der Waals surface area contributed by atoms with E-state index in [1.165, 1.54) is 5.56 Å². The summed E-state index contributed by atoms with van der Waals surface area (Å²) in [6, 6.07) is 4.23. The van der Waals surface area contributed by atoms with E-state index in [9.17, 15) is 13.2 Å². The van der Waals surface area contributed by atoms with Crippen LogP contribution in [0.2, 0.25) is 0 Å². The first kappa shape index (κ1) is 15.9. The summed E-state index contributed by atoms with van der Waals surface area (Å²) in [6.07, 6.45) is 4.19. The molecule has 0 unspecified atom stereocenters. The number of aryl methyl sites for hydroxylation is 2. The number of hydrogen-bond donors (Lipinski definition) is 0. The molecule has 0 radical (unpaired) electrons. The standard InChI is InChI=1S/C8H12N.CHF3O3S/c1-3-9-6-4-8(2)5-7-9;2-1(3,4)8(5,6)7/h4-7H,3H2,1-2H3;(H,5,6,7)/q+1;/p-1. The Kier molecular flexibility index (Phi) is 5.56. The highest BCUT2D eigenvalue weighted by Gasteiger charge is 2.36. The number of aromatic nitrogens is 1. The third-order valence-electron chi connectivity index (χ3n) is 1.71. The number of pyridine rings is 1. The topological polar surface area (TPSA) is 61.1 Å². The Labute approximate surface area is 97.5 Å². The lowest BCUT2D eigenvalue weighted by Crippen LogP contribution is -2.30. The second-order valence-corrected chi connectivity index (χ2v) is 4.48. The molecule has 0 aliphatic rings. The molecule has 0 amide bonds. The van der Waals surface area contributed by atoms with Crippen molar-refractivity contribution in [2.45, 2.75) is 25.9 Å². The van der Waals surface area contributed by atoms with Gasteiger partial charge in [-0.05, 0) is 19.4 Å². The molecule has 4 nitrogen and oxygen atoms in total. The van der Waals surface area contributed by atoms with E-state index in [4.69, 9.17) is 13.0 Å². The van der Waals surface area contributed by atoms with Crippen LogP contribution in [0.5, 0.6) is 0 Å². The van der Waals surface area contributed by atoms with Gasteiger partial charge in [0.1, 0.15) is 6.54 Å². The third kappa shape index (κ3) is 6.22. The lowest BCUT2D eigenvalue weighted by Gasteiger charge is -2.08. The summed E-state index contributed by atoms with van der Waals surface area (Å²) in [5, 5.41) is 0. The Morgan fingerprint density at radius 1 is 1.29 bits per heavy atom. The molecule has 0 spiro atoms. The van der Waals surface area contributed by atoms with Gasteiger partial charge in [-0.1, -0.05) is 0 Å². The SMILES string of the molecule is CC[n+]1ccc(C)cc1.O=S(=O)([O-])C(F)(F)F. The van der Waals surface area contributed by atoms with E-state index in [0.29, 0.717) is 0 Å². The lowest BCUT2D eigenvalue weighted by atomic mass is 10.3. The molecule has 1 aromatic heterocycles. The van der Waals surface area contributed by atoms with Crippen LogP contribution in [0.25, 0.3) is 0 Å². The highest BCUT2D eigenvalue weighted by atomic mass is 32.2. The van der Waals surface area contributed by atoms with Gasteiger partial charge in [0.2, 0.25) is 0 Å². The summed E-state index contributed by atoms with van der Waals surface area (Å²) in [6.45, 7) is 5.29. The van der Waals surface area contributed by atoms with Crippen LogP contribution in [0.4, 0.5) is 13.2 Å². The highest BCUT2D eigenvalue weighted by Crippen LogP contribution is 2.20. The Bertz CT molecular complexity index is 440. The second-order valence-electron chi connectivity index (χ2n) is 3.11. The molecule has 1 heterocycles. The number of rotatable bonds is 1. The quantitative estimate of drug-likeness (QED) is 0.440. The molecular weight excluding hydrogens is 259 g/mol. The fourth-order valence-corrected chi connectivity index (χ4v) is 0.743.